The first-order chi connectivity index (χ1) is 10.7. The minimum Gasteiger partial charge on any atom is -0.381 e. The van der Waals surface area contributed by atoms with E-state index in [0.29, 0.717) is 17.9 Å². The minimum absolute atomic E-state index is 0.272. The van der Waals surface area contributed by atoms with Crippen molar-refractivity contribution in [3.05, 3.63) is 53.1 Å². The molecule has 22 heavy (non-hydrogen) atoms. The van der Waals surface area contributed by atoms with E-state index in [1.807, 2.05) is 0 Å². The molecule has 3 aliphatic rings. The lowest BCUT2D eigenvalue weighted by molar-refractivity contribution is -0.0418. The first-order valence-electron chi connectivity index (χ1n) is 8.56. The Kier molecular flexibility index (Phi) is 3.57. The molecule has 0 saturated carbocycles. The zero-order valence-corrected chi connectivity index (χ0v) is 13.5. The van der Waals surface area contributed by atoms with E-state index in [-0.39, 0.29) is 6.10 Å². The molecule has 1 N–H and O–H groups in total. The fraction of sp³-hybridized carbons (Fsp3) is 0.500. The third-order valence-electron chi connectivity index (χ3n) is 5.60. The number of nitrogens with one attached hydrogen (secondary N) is 1. The van der Waals surface area contributed by atoms with E-state index >= 15 is 0 Å². The number of allylic oxidation sites excluding steroid dienone is 3. The Balaban J connectivity index is 1.74. The predicted octanol–water partition coefficient (Wildman–Crippen LogP) is 4.70. The van der Waals surface area contributed by atoms with Gasteiger partial charge in [0.15, 0.2) is 0 Å². The van der Waals surface area contributed by atoms with Crippen LogP contribution < -0.4 is 5.32 Å². The van der Waals surface area contributed by atoms with Gasteiger partial charge in [-0.1, -0.05) is 30.4 Å². The summed E-state index contributed by atoms with van der Waals surface area (Å²) < 4.78 is 6.24. The van der Waals surface area contributed by atoms with Crippen LogP contribution in [0.1, 0.15) is 42.1 Å². The molecule has 2 heterocycles. The maximum atomic E-state index is 6.24. The Labute approximate surface area is 133 Å². The highest BCUT2D eigenvalue weighted by Crippen LogP contribution is 2.47. The van der Waals surface area contributed by atoms with Crippen LogP contribution in [0.15, 0.2) is 36.4 Å². The van der Waals surface area contributed by atoms with Crippen molar-refractivity contribution in [3.8, 4) is 0 Å². The predicted molar refractivity (Wildman–Crippen MR) is 91.1 cm³/mol. The second-order valence-corrected chi connectivity index (χ2v) is 7.00. The average molecular weight is 295 g/mol. The van der Waals surface area contributed by atoms with Crippen LogP contribution in [0.3, 0.4) is 0 Å². The van der Waals surface area contributed by atoms with Crippen LogP contribution in [0.25, 0.3) is 0 Å². The average Bonchev–Trinajstić information content (AvgIpc) is 2.56. The molecule has 1 aromatic rings. The Bertz CT molecular complexity index is 631. The van der Waals surface area contributed by atoms with Gasteiger partial charge in [-0.2, -0.15) is 0 Å². The van der Waals surface area contributed by atoms with E-state index < -0.39 is 0 Å². The number of aryl methyl sites for hydroxylation is 2. The van der Waals surface area contributed by atoms with E-state index in [1.54, 1.807) is 0 Å². The summed E-state index contributed by atoms with van der Waals surface area (Å²) >= 11 is 0. The van der Waals surface area contributed by atoms with Crippen LogP contribution in [0, 0.1) is 25.7 Å². The first-order valence-corrected chi connectivity index (χ1v) is 8.56. The Morgan fingerprint density at radius 2 is 2.00 bits per heavy atom. The van der Waals surface area contributed by atoms with Crippen molar-refractivity contribution >= 4 is 5.69 Å². The third kappa shape index (κ3) is 2.30. The van der Waals surface area contributed by atoms with Gasteiger partial charge < -0.3 is 10.1 Å². The molecule has 0 radical (unpaired) electrons. The first kappa shape index (κ1) is 14.1. The highest BCUT2D eigenvalue weighted by atomic mass is 16.5. The van der Waals surface area contributed by atoms with Crippen molar-refractivity contribution in [2.45, 2.75) is 45.3 Å². The summed E-state index contributed by atoms with van der Waals surface area (Å²) in [6.07, 6.45) is 12.9. The van der Waals surface area contributed by atoms with Gasteiger partial charge in [-0.25, -0.2) is 0 Å². The van der Waals surface area contributed by atoms with Crippen LogP contribution in [-0.4, -0.2) is 12.6 Å². The van der Waals surface area contributed by atoms with Crippen molar-refractivity contribution in [1.82, 2.24) is 0 Å². The molecular weight excluding hydrogens is 270 g/mol. The van der Waals surface area contributed by atoms with Gasteiger partial charge in [0, 0.05) is 35.7 Å². The van der Waals surface area contributed by atoms with Crippen LogP contribution in [0.4, 0.5) is 5.69 Å². The topological polar surface area (TPSA) is 21.3 Å². The zero-order chi connectivity index (χ0) is 15.1. The van der Waals surface area contributed by atoms with E-state index in [4.69, 9.17) is 4.74 Å². The van der Waals surface area contributed by atoms with Gasteiger partial charge in [-0.15, -0.1) is 0 Å². The van der Waals surface area contributed by atoms with Crippen molar-refractivity contribution < 1.29 is 4.74 Å². The summed E-state index contributed by atoms with van der Waals surface area (Å²) in [5, 5.41) is 3.87. The van der Waals surface area contributed by atoms with Crippen LogP contribution >= 0.6 is 0 Å². The number of benzene rings is 1. The molecule has 0 aromatic heterocycles. The monoisotopic (exact) mass is 295 g/mol. The maximum absolute atomic E-state index is 6.24. The molecule has 2 aliphatic heterocycles. The molecular formula is C20H25NO. The van der Waals surface area contributed by atoms with Gasteiger partial charge in [0.2, 0.25) is 0 Å². The molecule has 4 rings (SSSR count). The summed E-state index contributed by atoms with van der Waals surface area (Å²) in [5.74, 6) is 1.17. The molecule has 0 spiro atoms. The van der Waals surface area contributed by atoms with Crippen LogP contribution in [0.5, 0.6) is 0 Å². The van der Waals surface area contributed by atoms with Crippen LogP contribution in [0.2, 0.25) is 0 Å². The molecule has 0 amide bonds. The lowest BCUT2D eigenvalue weighted by Gasteiger charge is -2.46. The van der Waals surface area contributed by atoms with Crippen LogP contribution in [-0.2, 0) is 4.74 Å². The van der Waals surface area contributed by atoms with Gasteiger partial charge in [0.25, 0.3) is 0 Å². The standard InChI is InChI=1S/C20H25NO/c1-13-11-17-18(12-14(13)2)21-19(15-7-4-3-5-8-15)16-9-6-10-22-20(16)17/h3-5,7,11-12,15-16,19-21H,6,8-10H2,1-2H3/t15?,16-,19-,20-/m0/s1. The molecule has 2 heteroatoms. The van der Waals surface area contributed by atoms with Gasteiger partial charge in [-0.05, 0) is 50.3 Å². The maximum Gasteiger partial charge on any atom is 0.0892 e. The zero-order valence-electron chi connectivity index (χ0n) is 13.5. The summed E-state index contributed by atoms with van der Waals surface area (Å²) in [6, 6.07) is 5.14. The number of anilines is 1. The van der Waals surface area contributed by atoms with Crippen molar-refractivity contribution in [2.75, 3.05) is 11.9 Å². The number of hydrogen-bond acceptors (Lipinski definition) is 2. The highest BCUT2D eigenvalue weighted by molar-refractivity contribution is 5.59. The molecule has 1 aliphatic carbocycles. The van der Waals surface area contributed by atoms with Crippen molar-refractivity contribution in [3.63, 3.8) is 0 Å². The molecule has 1 unspecified atom stereocenters. The van der Waals surface area contributed by atoms with E-state index in [0.717, 1.165) is 13.0 Å². The Hall–Kier alpha value is -1.54. The van der Waals surface area contributed by atoms with Crippen molar-refractivity contribution in [1.29, 1.82) is 0 Å². The SMILES string of the molecule is Cc1cc2c(cc1C)[C@H]1OCCC[C@H]1[C@H](C1C=CC=CC1)N2. The van der Waals surface area contributed by atoms with E-state index in [1.165, 1.54) is 35.2 Å². The molecule has 116 valence electrons. The lowest BCUT2D eigenvalue weighted by atomic mass is 9.73. The summed E-state index contributed by atoms with van der Waals surface area (Å²) in [7, 11) is 0. The van der Waals surface area contributed by atoms with Gasteiger partial charge in [-0.3, -0.25) is 0 Å². The number of ether oxygens (including phenoxy) is 1. The molecule has 0 bridgehead atoms. The number of fused-ring (bicyclic) bond motifs is 3. The Morgan fingerprint density at radius 3 is 2.82 bits per heavy atom. The third-order valence-corrected chi connectivity index (χ3v) is 5.60. The molecule has 1 aromatic carbocycles. The molecule has 2 nitrogen and oxygen atoms in total. The minimum atomic E-state index is 0.272. The summed E-state index contributed by atoms with van der Waals surface area (Å²) in [5.41, 5.74) is 5.39. The lowest BCUT2D eigenvalue weighted by Crippen LogP contribution is -2.45. The second kappa shape index (κ2) is 5.58. The second-order valence-electron chi connectivity index (χ2n) is 7.00. The number of hydrogen-bond donors (Lipinski definition) is 1. The normalized spacial score (nSPS) is 33.0. The molecule has 1 fully saturated rings. The van der Waals surface area contributed by atoms with E-state index in [9.17, 15) is 0 Å². The van der Waals surface area contributed by atoms with Gasteiger partial charge in [0.05, 0.1) is 6.10 Å². The molecule has 1 saturated heterocycles. The largest absolute Gasteiger partial charge is 0.381 e. The smallest absolute Gasteiger partial charge is 0.0892 e. The summed E-state index contributed by atoms with van der Waals surface area (Å²) in [4.78, 5) is 0. The summed E-state index contributed by atoms with van der Waals surface area (Å²) in [6.45, 7) is 5.30. The van der Waals surface area contributed by atoms with Gasteiger partial charge in [0.1, 0.15) is 0 Å². The fourth-order valence-corrected chi connectivity index (χ4v) is 4.27. The van der Waals surface area contributed by atoms with Gasteiger partial charge >= 0.3 is 0 Å². The Morgan fingerprint density at radius 1 is 1.14 bits per heavy atom. The fourth-order valence-electron chi connectivity index (χ4n) is 4.27. The highest BCUT2D eigenvalue weighted by Gasteiger charge is 2.41. The van der Waals surface area contributed by atoms with Crippen molar-refractivity contribution in [2.24, 2.45) is 11.8 Å². The number of rotatable bonds is 1. The van der Waals surface area contributed by atoms with E-state index in [2.05, 4.69) is 55.6 Å². The molecule has 4 atom stereocenters. The quantitative estimate of drug-likeness (QED) is 0.811.